The Morgan fingerprint density at radius 1 is 1.45 bits per heavy atom. The van der Waals surface area contributed by atoms with Crippen LogP contribution in [0.3, 0.4) is 0 Å². The van der Waals surface area contributed by atoms with Gasteiger partial charge >= 0.3 is 0 Å². The second-order valence-corrected chi connectivity index (χ2v) is 5.41. The lowest BCUT2D eigenvalue weighted by molar-refractivity contribution is 0.0947. The summed E-state index contributed by atoms with van der Waals surface area (Å²) < 4.78 is 1.27. The van der Waals surface area contributed by atoms with E-state index in [-0.39, 0.29) is 5.56 Å². The smallest absolute Gasteiger partial charge is 0.274 e. The van der Waals surface area contributed by atoms with Gasteiger partial charge in [-0.1, -0.05) is 6.07 Å². The van der Waals surface area contributed by atoms with Crippen molar-refractivity contribution in [3.05, 3.63) is 39.8 Å². The van der Waals surface area contributed by atoms with Crippen molar-refractivity contribution in [2.24, 2.45) is 0 Å². The minimum absolute atomic E-state index is 0.326. The third-order valence-corrected chi connectivity index (χ3v) is 3.33. The molecule has 2 rings (SSSR count). The van der Waals surface area contributed by atoms with Crippen molar-refractivity contribution in [2.45, 2.75) is 13.3 Å². The Morgan fingerprint density at radius 3 is 2.86 bits per heavy atom. The van der Waals surface area contributed by atoms with Gasteiger partial charge in [0.2, 0.25) is 5.88 Å². The summed E-state index contributed by atoms with van der Waals surface area (Å²) in [4.78, 5) is 30.5. The lowest BCUT2D eigenvalue weighted by Gasteiger charge is -2.11. The molecule has 1 amide bonds. The Labute approximate surface area is 128 Å². The van der Waals surface area contributed by atoms with Gasteiger partial charge in [0.05, 0.1) is 0 Å². The first-order valence-electron chi connectivity index (χ1n) is 7.05. The summed E-state index contributed by atoms with van der Waals surface area (Å²) in [5.41, 5.74) is 0.186. The van der Waals surface area contributed by atoms with Gasteiger partial charge in [0.15, 0.2) is 5.56 Å². The third-order valence-electron chi connectivity index (χ3n) is 3.33. The summed E-state index contributed by atoms with van der Waals surface area (Å²) in [5.74, 6) is -1.14. The van der Waals surface area contributed by atoms with Crippen molar-refractivity contribution in [3.8, 4) is 5.88 Å². The number of amides is 1. The summed E-state index contributed by atoms with van der Waals surface area (Å²) >= 11 is 0. The number of nitrogens with one attached hydrogen (secondary N) is 1. The normalized spacial score (nSPS) is 11.1. The Kier molecular flexibility index (Phi) is 4.77. The molecular weight excluding hydrogens is 284 g/mol. The van der Waals surface area contributed by atoms with Gasteiger partial charge in [0.25, 0.3) is 11.5 Å². The summed E-state index contributed by atoms with van der Waals surface area (Å²) in [5, 5.41) is 12.6. The number of carbonyl (C=O) groups excluding carboxylic acids is 1. The van der Waals surface area contributed by atoms with Crippen LogP contribution in [0.25, 0.3) is 5.65 Å². The maximum atomic E-state index is 12.4. The van der Waals surface area contributed by atoms with Gasteiger partial charge in [-0.05, 0) is 45.6 Å². The quantitative estimate of drug-likeness (QED) is 0.780. The number of hydrogen-bond acceptors (Lipinski definition) is 5. The van der Waals surface area contributed by atoms with Gasteiger partial charge in [-0.25, -0.2) is 0 Å². The van der Waals surface area contributed by atoms with Crippen molar-refractivity contribution >= 4 is 11.6 Å². The highest BCUT2D eigenvalue weighted by Gasteiger charge is 2.19. The predicted molar refractivity (Wildman–Crippen MR) is 83.4 cm³/mol. The van der Waals surface area contributed by atoms with Gasteiger partial charge in [-0.3, -0.25) is 14.0 Å². The molecule has 0 spiro atoms. The molecule has 0 aliphatic carbocycles. The van der Waals surface area contributed by atoms with E-state index in [1.54, 1.807) is 19.1 Å². The van der Waals surface area contributed by atoms with E-state index in [0.717, 1.165) is 18.5 Å². The van der Waals surface area contributed by atoms with Crippen LogP contribution < -0.4 is 10.9 Å². The molecule has 0 atom stereocenters. The van der Waals surface area contributed by atoms with E-state index >= 15 is 0 Å². The summed E-state index contributed by atoms with van der Waals surface area (Å²) in [7, 11) is 3.88. The minimum Gasteiger partial charge on any atom is -0.493 e. The highest BCUT2D eigenvalue weighted by atomic mass is 16.3. The van der Waals surface area contributed by atoms with Gasteiger partial charge in [-0.2, -0.15) is 4.98 Å². The number of pyridine rings is 1. The molecular formula is C15H20N4O3. The third kappa shape index (κ3) is 3.25. The zero-order chi connectivity index (χ0) is 16.3. The Hall–Kier alpha value is -2.41. The molecule has 0 saturated heterocycles. The molecule has 22 heavy (non-hydrogen) atoms. The fourth-order valence-electron chi connectivity index (χ4n) is 2.17. The first-order valence-corrected chi connectivity index (χ1v) is 7.05. The SMILES string of the molecule is Cc1cccn2c(=O)c(C(=O)NCCCN(C)C)c(O)nc12. The first kappa shape index (κ1) is 16.0. The van der Waals surface area contributed by atoms with Crippen molar-refractivity contribution in [2.75, 3.05) is 27.2 Å². The van der Waals surface area contributed by atoms with Crippen LogP contribution in [0.5, 0.6) is 5.88 Å². The molecule has 0 bridgehead atoms. The Morgan fingerprint density at radius 2 is 2.18 bits per heavy atom. The van der Waals surface area contributed by atoms with E-state index in [0.29, 0.717) is 12.2 Å². The number of fused-ring (bicyclic) bond motifs is 1. The molecule has 0 unspecified atom stereocenters. The summed E-state index contributed by atoms with van der Waals surface area (Å²) in [6, 6.07) is 3.48. The topological polar surface area (TPSA) is 86.9 Å². The summed E-state index contributed by atoms with van der Waals surface area (Å²) in [6.07, 6.45) is 2.28. The first-order chi connectivity index (χ1) is 10.4. The summed E-state index contributed by atoms with van der Waals surface area (Å²) in [6.45, 7) is 3.02. The maximum absolute atomic E-state index is 12.4. The highest BCUT2D eigenvalue weighted by molar-refractivity contribution is 5.96. The van der Waals surface area contributed by atoms with E-state index in [2.05, 4.69) is 10.3 Å². The van der Waals surface area contributed by atoms with E-state index in [4.69, 9.17) is 0 Å². The van der Waals surface area contributed by atoms with Crippen LogP contribution in [0.2, 0.25) is 0 Å². The molecule has 0 fully saturated rings. The molecule has 2 aromatic heterocycles. The number of nitrogens with zero attached hydrogens (tertiary/aromatic N) is 3. The van der Waals surface area contributed by atoms with Crippen molar-refractivity contribution in [1.29, 1.82) is 0 Å². The standard InChI is InChI=1S/C15H20N4O3/c1-10-6-4-9-19-12(10)17-14(21)11(15(19)22)13(20)16-7-5-8-18(2)3/h4,6,9,21H,5,7-8H2,1-3H3,(H,16,20). The zero-order valence-corrected chi connectivity index (χ0v) is 13.0. The highest BCUT2D eigenvalue weighted by Crippen LogP contribution is 2.13. The second-order valence-electron chi connectivity index (χ2n) is 5.41. The molecule has 2 N–H and O–H groups in total. The molecule has 0 aliphatic heterocycles. The van der Waals surface area contributed by atoms with Crippen LogP contribution in [0, 0.1) is 6.92 Å². The van der Waals surface area contributed by atoms with Gasteiger partial charge in [0.1, 0.15) is 5.65 Å². The second kappa shape index (κ2) is 6.57. The van der Waals surface area contributed by atoms with E-state index in [1.165, 1.54) is 10.6 Å². The minimum atomic E-state index is -0.607. The monoisotopic (exact) mass is 304 g/mol. The number of hydrogen-bond donors (Lipinski definition) is 2. The molecule has 7 heteroatoms. The van der Waals surface area contributed by atoms with Gasteiger partial charge < -0.3 is 15.3 Å². The number of rotatable bonds is 5. The van der Waals surface area contributed by atoms with Gasteiger partial charge in [0, 0.05) is 12.7 Å². The molecule has 118 valence electrons. The predicted octanol–water partition coefficient (Wildman–Crippen LogP) is 0.390. The average molecular weight is 304 g/mol. The largest absolute Gasteiger partial charge is 0.493 e. The Balaban J connectivity index is 2.28. The molecule has 0 aromatic carbocycles. The number of aryl methyl sites for hydroxylation is 1. The Bertz CT molecular complexity index is 752. The van der Waals surface area contributed by atoms with E-state index in [9.17, 15) is 14.7 Å². The molecule has 0 aliphatic rings. The molecule has 2 aromatic rings. The van der Waals surface area contributed by atoms with Crippen LogP contribution in [-0.4, -0.2) is 52.5 Å². The van der Waals surface area contributed by atoms with Crippen LogP contribution >= 0.6 is 0 Å². The average Bonchev–Trinajstić information content (AvgIpc) is 2.45. The fraction of sp³-hybridized carbons (Fsp3) is 0.400. The molecule has 7 nitrogen and oxygen atoms in total. The fourth-order valence-corrected chi connectivity index (χ4v) is 2.17. The van der Waals surface area contributed by atoms with Crippen LogP contribution in [0.15, 0.2) is 23.1 Å². The van der Waals surface area contributed by atoms with Crippen LogP contribution in [0.4, 0.5) is 0 Å². The van der Waals surface area contributed by atoms with Gasteiger partial charge in [-0.15, -0.1) is 0 Å². The van der Waals surface area contributed by atoms with Crippen LogP contribution in [-0.2, 0) is 0 Å². The molecule has 0 saturated carbocycles. The van der Waals surface area contributed by atoms with Crippen molar-refractivity contribution in [3.63, 3.8) is 0 Å². The number of aromatic hydroxyl groups is 1. The molecule has 0 radical (unpaired) electrons. The zero-order valence-electron chi connectivity index (χ0n) is 13.0. The van der Waals surface area contributed by atoms with E-state index < -0.39 is 17.3 Å². The van der Waals surface area contributed by atoms with E-state index in [1.807, 2.05) is 19.0 Å². The lowest BCUT2D eigenvalue weighted by atomic mass is 10.2. The maximum Gasteiger partial charge on any atom is 0.274 e. The molecule has 2 heterocycles. The van der Waals surface area contributed by atoms with Crippen molar-refractivity contribution in [1.82, 2.24) is 19.6 Å². The number of aromatic nitrogens is 2. The lowest BCUT2D eigenvalue weighted by Crippen LogP contribution is -2.33. The van der Waals surface area contributed by atoms with Crippen molar-refractivity contribution < 1.29 is 9.90 Å². The van der Waals surface area contributed by atoms with Crippen LogP contribution in [0.1, 0.15) is 22.3 Å². The number of carbonyl (C=O) groups is 1.